The lowest BCUT2D eigenvalue weighted by molar-refractivity contribution is 0.708. The van der Waals surface area contributed by atoms with Crippen LogP contribution in [-0.2, 0) is 12.8 Å². The minimum Gasteiger partial charge on any atom is -0.351 e. The monoisotopic (exact) mass is 238 g/mol. The van der Waals surface area contributed by atoms with Gasteiger partial charge in [0.1, 0.15) is 5.15 Å². The van der Waals surface area contributed by atoms with Crippen molar-refractivity contribution in [1.29, 1.82) is 0 Å². The maximum absolute atomic E-state index is 6.20. The summed E-state index contributed by atoms with van der Waals surface area (Å²) < 4.78 is 0. The zero-order chi connectivity index (χ0) is 11.0. The number of fused-ring (bicyclic) bond motifs is 1. The van der Waals surface area contributed by atoms with Crippen molar-refractivity contribution in [3.05, 3.63) is 16.4 Å². The van der Waals surface area contributed by atoms with E-state index in [4.69, 9.17) is 11.6 Å². The van der Waals surface area contributed by atoms with Crippen LogP contribution < -0.4 is 10.6 Å². The van der Waals surface area contributed by atoms with E-state index in [1.54, 1.807) is 0 Å². The smallest absolute Gasteiger partial charge is 0.224 e. The van der Waals surface area contributed by atoms with Crippen LogP contribution in [0, 0.1) is 0 Å². The number of halogens is 1. The van der Waals surface area contributed by atoms with E-state index in [1.807, 2.05) is 0 Å². The number of nitrogens with zero attached hydrogens (tertiary/aromatic N) is 2. The van der Waals surface area contributed by atoms with Crippen molar-refractivity contribution in [2.24, 2.45) is 0 Å². The van der Waals surface area contributed by atoms with Crippen molar-refractivity contribution in [3.8, 4) is 0 Å². The highest BCUT2D eigenvalue weighted by Crippen LogP contribution is 2.26. The van der Waals surface area contributed by atoms with Crippen molar-refractivity contribution >= 4 is 17.5 Å². The maximum Gasteiger partial charge on any atom is 0.224 e. The van der Waals surface area contributed by atoms with Crippen LogP contribution in [0.2, 0.25) is 5.15 Å². The molecule has 4 nitrogen and oxygen atoms in total. The summed E-state index contributed by atoms with van der Waals surface area (Å²) in [6.07, 6.45) is 4.31. The Morgan fingerprint density at radius 2 is 2.00 bits per heavy atom. The predicted octanol–water partition coefficient (Wildman–Crippen LogP) is 1.39. The molecule has 1 fully saturated rings. The van der Waals surface area contributed by atoms with Gasteiger partial charge in [-0.3, -0.25) is 0 Å². The molecule has 5 heteroatoms. The number of hydrogen-bond acceptors (Lipinski definition) is 4. The second-order valence-corrected chi connectivity index (χ2v) is 4.79. The van der Waals surface area contributed by atoms with Crippen LogP contribution in [0.15, 0.2) is 0 Å². The molecule has 1 aromatic rings. The molecule has 2 N–H and O–H groups in total. The molecular formula is C11H15ClN4. The average Bonchev–Trinajstić information content (AvgIpc) is 3.04. The average molecular weight is 239 g/mol. The molecule has 1 aromatic heterocycles. The summed E-state index contributed by atoms with van der Waals surface area (Å²) in [7, 11) is 0. The second kappa shape index (κ2) is 4.18. The largest absolute Gasteiger partial charge is 0.351 e. The Morgan fingerprint density at radius 3 is 2.81 bits per heavy atom. The molecule has 0 saturated heterocycles. The molecule has 2 aliphatic rings. The molecule has 0 radical (unpaired) electrons. The van der Waals surface area contributed by atoms with Gasteiger partial charge in [0.05, 0.1) is 5.69 Å². The molecule has 0 atom stereocenters. The van der Waals surface area contributed by atoms with Gasteiger partial charge in [0.25, 0.3) is 0 Å². The summed E-state index contributed by atoms with van der Waals surface area (Å²) in [5.41, 5.74) is 2.22. The molecule has 0 bridgehead atoms. The van der Waals surface area contributed by atoms with Gasteiger partial charge in [-0.2, -0.15) is 0 Å². The Kier molecular flexibility index (Phi) is 2.69. The zero-order valence-corrected chi connectivity index (χ0v) is 9.85. The number of anilines is 1. The summed E-state index contributed by atoms with van der Waals surface area (Å²) in [5, 5.41) is 7.27. The molecule has 0 unspecified atom stereocenters. The normalized spacial score (nSPS) is 20.1. The lowest BCUT2D eigenvalue weighted by atomic mass is 10.1. The molecular weight excluding hydrogens is 224 g/mol. The minimum absolute atomic E-state index is 0.568. The van der Waals surface area contributed by atoms with Gasteiger partial charge in [0.15, 0.2) is 0 Å². The Morgan fingerprint density at radius 1 is 1.19 bits per heavy atom. The highest BCUT2D eigenvalue weighted by molar-refractivity contribution is 6.30. The van der Waals surface area contributed by atoms with Crippen LogP contribution in [0.25, 0.3) is 0 Å². The van der Waals surface area contributed by atoms with E-state index in [0.717, 1.165) is 37.2 Å². The van der Waals surface area contributed by atoms with Gasteiger partial charge >= 0.3 is 0 Å². The third-order valence-electron chi connectivity index (χ3n) is 3.04. The Bertz CT molecular complexity index is 403. The third-order valence-corrected chi connectivity index (χ3v) is 3.36. The molecule has 0 aromatic carbocycles. The highest BCUT2D eigenvalue weighted by Gasteiger charge is 2.23. The molecule has 1 saturated carbocycles. The van der Waals surface area contributed by atoms with E-state index < -0.39 is 0 Å². The first-order chi connectivity index (χ1) is 7.83. The van der Waals surface area contributed by atoms with E-state index in [9.17, 15) is 0 Å². The molecule has 0 amide bonds. The first kappa shape index (κ1) is 10.3. The third kappa shape index (κ3) is 2.13. The van der Waals surface area contributed by atoms with Crippen molar-refractivity contribution in [1.82, 2.24) is 15.3 Å². The van der Waals surface area contributed by atoms with Gasteiger partial charge in [0.2, 0.25) is 5.95 Å². The number of hydrogen-bond donors (Lipinski definition) is 2. The van der Waals surface area contributed by atoms with Gasteiger partial charge in [-0.25, -0.2) is 9.97 Å². The van der Waals surface area contributed by atoms with Crippen molar-refractivity contribution < 1.29 is 0 Å². The SMILES string of the molecule is Clc1nc(NC2CC2)nc2c1CCNCC2. The van der Waals surface area contributed by atoms with Gasteiger partial charge < -0.3 is 10.6 Å². The number of aromatic nitrogens is 2. The molecule has 86 valence electrons. The molecule has 3 rings (SSSR count). The van der Waals surface area contributed by atoms with Gasteiger partial charge in [-0.1, -0.05) is 11.6 Å². The molecule has 0 spiro atoms. The van der Waals surface area contributed by atoms with Gasteiger partial charge in [-0.05, 0) is 25.8 Å². The van der Waals surface area contributed by atoms with Crippen LogP contribution in [0.1, 0.15) is 24.1 Å². The van der Waals surface area contributed by atoms with Crippen LogP contribution in [0.5, 0.6) is 0 Å². The number of nitrogens with one attached hydrogen (secondary N) is 2. The molecule has 1 aliphatic heterocycles. The zero-order valence-electron chi connectivity index (χ0n) is 9.09. The Labute approximate surface area is 99.8 Å². The summed E-state index contributed by atoms with van der Waals surface area (Å²) in [6, 6.07) is 0.568. The first-order valence-electron chi connectivity index (χ1n) is 5.85. The van der Waals surface area contributed by atoms with Gasteiger partial charge in [-0.15, -0.1) is 0 Å². The van der Waals surface area contributed by atoms with Crippen molar-refractivity contribution in [2.75, 3.05) is 18.4 Å². The van der Waals surface area contributed by atoms with Crippen LogP contribution >= 0.6 is 11.6 Å². The summed E-state index contributed by atoms with van der Waals surface area (Å²) in [4.78, 5) is 8.89. The second-order valence-electron chi connectivity index (χ2n) is 4.43. The predicted molar refractivity (Wildman–Crippen MR) is 64.0 cm³/mol. The quantitative estimate of drug-likeness (QED) is 0.765. The molecule has 16 heavy (non-hydrogen) atoms. The van der Waals surface area contributed by atoms with Crippen LogP contribution in [0.3, 0.4) is 0 Å². The van der Waals surface area contributed by atoms with E-state index >= 15 is 0 Å². The lowest BCUT2D eigenvalue weighted by Gasteiger charge is -2.09. The topological polar surface area (TPSA) is 49.8 Å². The fourth-order valence-electron chi connectivity index (χ4n) is 1.97. The van der Waals surface area contributed by atoms with E-state index in [0.29, 0.717) is 17.1 Å². The maximum atomic E-state index is 6.20. The highest BCUT2D eigenvalue weighted by atomic mass is 35.5. The van der Waals surface area contributed by atoms with Crippen molar-refractivity contribution in [2.45, 2.75) is 31.7 Å². The molecule has 1 aliphatic carbocycles. The Hall–Kier alpha value is -0.870. The molecule has 2 heterocycles. The number of rotatable bonds is 2. The fourth-order valence-corrected chi connectivity index (χ4v) is 2.26. The van der Waals surface area contributed by atoms with Crippen LogP contribution in [-0.4, -0.2) is 29.1 Å². The lowest BCUT2D eigenvalue weighted by Crippen LogP contribution is -2.16. The fraction of sp³-hybridized carbons (Fsp3) is 0.636. The summed E-state index contributed by atoms with van der Waals surface area (Å²) in [5.74, 6) is 0.702. The van der Waals surface area contributed by atoms with E-state index in [1.165, 1.54) is 12.8 Å². The Balaban J connectivity index is 1.91. The summed E-state index contributed by atoms with van der Waals surface area (Å²) >= 11 is 6.20. The summed E-state index contributed by atoms with van der Waals surface area (Å²) in [6.45, 7) is 1.94. The minimum atomic E-state index is 0.568. The van der Waals surface area contributed by atoms with E-state index in [-0.39, 0.29) is 0 Å². The first-order valence-corrected chi connectivity index (χ1v) is 6.23. The van der Waals surface area contributed by atoms with Gasteiger partial charge in [0, 0.05) is 24.6 Å². The van der Waals surface area contributed by atoms with Crippen molar-refractivity contribution in [3.63, 3.8) is 0 Å². The van der Waals surface area contributed by atoms with E-state index in [2.05, 4.69) is 20.6 Å². The van der Waals surface area contributed by atoms with Crippen LogP contribution in [0.4, 0.5) is 5.95 Å². The standard InChI is InChI=1S/C11H15ClN4/c12-10-8-3-5-13-6-4-9(8)15-11(16-10)14-7-1-2-7/h7,13H,1-6H2,(H,14,15,16).